The number of hydrogen-bond acceptors (Lipinski definition) is 5. The maximum atomic E-state index is 13.8. The molecule has 3 aromatic carbocycles. The summed E-state index contributed by atoms with van der Waals surface area (Å²) in [7, 11) is 0. The van der Waals surface area contributed by atoms with E-state index in [2.05, 4.69) is 22.6 Å². The van der Waals surface area contributed by atoms with Gasteiger partial charge in [0.25, 0.3) is 11.8 Å². The van der Waals surface area contributed by atoms with E-state index in [0.29, 0.717) is 22.6 Å². The van der Waals surface area contributed by atoms with Gasteiger partial charge in [-0.1, -0.05) is 54.8 Å². The number of nitrogens with one attached hydrogen (secondary N) is 2. The number of thioether (sulfide) groups is 1. The van der Waals surface area contributed by atoms with Crippen LogP contribution in [0.3, 0.4) is 0 Å². The molecule has 7 nitrogen and oxygen atoms in total. The number of terminal acetylenes is 2. The zero-order valence-electron chi connectivity index (χ0n) is 23.1. The van der Waals surface area contributed by atoms with E-state index in [-0.39, 0.29) is 6.42 Å². The summed E-state index contributed by atoms with van der Waals surface area (Å²) in [6.07, 6.45) is 12.8. The fourth-order valence-corrected chi connectivity index (χ4v) is 4.50. The van der Waals surface area contributed by atoms with E-state index in [1.165, 1.54) is 11.8 Å². The Bertz CT molecular complexity index is 1450. The lowest BCUT2D eigenvalue weighted by Crippen LogP contribution is -2.51. The van der Waals surface area contributed by atoms with Gasteiger partial charge in [0, 0.05) is 17.3 Å². The molecule has 3 amide bonds. The van der Waals surface area contributed by atoms with Crippen molar-refractivity contribution in [3.05, 3.63) is 77.9 Å². The number of carbonyl (C=O) groups is 3. The summed E-state index contributed by atoms with van der Waals surface area (Å²) in [5.74, 6) is 1.98. The molecule has 3 rings (SSSR count). The normalized spacial score (nSPS) is 12.3. The Morgan fingerprint density at radius 2 is 1.68 bits per heavy atom. The molecule has 0 saturated carbocycles. The van der Waals surface area contributed by atoms with Gasteiger partial charge < -0.3 is 15.4 Å². The average Bonchev–Trinajstić information content (AvgIpc) is 2.92. The number of fused-ring (bicyclic) bond motifs is 1. The summed E-state index contributed by atoms with van der Waals surface area (Å²) in [6, 6.07) is 20.1. The highest BCUT2D eigenvalue weighted by Gasteiger charge is 2.36. The molecule has 0 saturated heterocycles. The van der Waals surface area contributed by atoms with Crippen LogP contribution in [0.25, 0.3) is 10.8 Å². The van der Waals surface area contributed by atoms with Crippen LogP contribution in [0.2, 0.25) is 0 Å². The molecule has 3 aromatic rings. The van der Waals surface area contributed by atoms with E-state index >= 15 is 0 Å². The quantitative estimate of drug-likeness (QED) is 0.266. The topological polar surface area (TPSA) is 87.7 Å². The van der Waals surface area contributed by atoms with Gasteiger partial charge in [0.2, 0.25) is 0 Å². The highest BCUT2D eigenvalue weighted by atomic mass is 32.2. The third-order valence-corrected chi connectivity index (χ3v) is 6.54. The highest BCUT2D eigenvalue weighted by Crippen LogP contribution is 2.26. The predicted molar refractivity (Wildman–Crippen MR) is 162 cm³/mol. The molecule has 2 N–H and O–H groups in total. The molecule has 0 fully saturated rings. The standard InChI is InChI=1S/C32H33N3O4S/c1-7-22-13-15-24(16-14-22)28(29(36)33-26-18-17-23-11-9-10-12-25(23)21-26)35(8-2)30(37)27(19-20-40-6)34-31(38)39-32(3,4)5/h1-2,9-18,21,27-28H,19-20H2,3-6H3,(H,33,36)(H,34,38). The number of alkyl carbamates (subject to hydrolysis) is 1. The van der Waals surface area contributed by atoms with Crippen molar-refractivity contribution in [2.24, 2.45) is 0 Å². The van der Waals surface area contributed by atoms with Crippen molar-refractivity contribution >= 4 is 46.1 Å². The first-order chi connectivity index (χ1) is 19.1. The number of rotatable bonds is 9. The summed E-state index contributed by atoms with van der Waals surface area (Å²) in [5.41, 5.74) is 0.860. The summed E-state index contributed by atoms with van der Waals surface area (Å²) < 4.78 is 5.37. The molecule has 0 bridgehead atoms. The van der Waals surface area contributed by atoms with Gasteiger partial charge in [-0.3, -0.25) is 14.5 Å². The van der Waals surface area contributed by atoms with E-state index in [1.807, 2.05) is 42.7 Å². The van der Waals surface area contributed by atoms with E-state index in [9.17, 15) is 14.4 Å². The Morgan fingerprint density at radius 3 is 2.27 bits per heavy atom. The second-order valence-electron chi connectivity index (χ2n) is 10.0. The number of amides is 3. The summed E-state index contributed by atoms with van der Waals surface area (Å²) in [4.78, 5) is 41.2. The highest BCUT2D eigenvalue weighted by molar-refractivity contribution is 7.98. The van der Waals surface area contributed by atoms with Crippen molar-refractivity contribution in [1.29, 1.82) is 0 Å². The Kier molecular flexibility index (Phi) is 10.2. The van der Waals surface area contributed by atoms with Crippen molar-refractivity contribution in [3.8, 4) is 24.8 Å². The third kappa shape index (κ3) is 8.05. The lowest BCUT2D eigenvalue weighted by molar-refractivity contribution is -0.136. The lowest BCUT2D eigenvalue weighted by Gasteiger charge is -2.30. The molecule has 0 radical (unpaired) electrons. The van der Waals surface area contributed by atoms with Crippen LogP contribution in [-0.4, -0.2) is 46.5 Å². The zero-order valence-corrected chi connectivity index (χ0v) is 23.9. The zero-order chi connectivity index (χ0) is 29.3. The molecule has 206 valence electrons. The second kappa shape index (κ2) is 13.6. The molecule has 0 heterocycles. The van der Waals surface area contributed by atoms with Gasteiger partial charge in [-0.05, 0) is 79.8 Å². The van der Waals surface area contributed by atoms with Gasteiger partial charge in [0.15, 0.2) is 0 Å². The maximum absolute atomic E-state index is 13.8. The van der Waals surface area contributed by atoms with Gasteiger partial charge in [-0.2, -0.15) is 11.8 Å². The molecule has 0 spiro atoms. The smallest absolute Gasteiger partial charge is 0.408 e. The van der Waals surface area contributed by atoms with Gasteiger partial charge in [-0.15, -0.1) is 6.42 Å². The number of anilines is 1. The average molecular weight is 556 g/mol. The van der Waals surface area contributed by atoms with Crippen molar-refractivity contribution in [2.45, 2.75) is 44.9 Å². The van der Waals surface area contributed by atoms with E-state index in [1.54, 1.807) is 51.1 Å². The van der Waals surface area contributed by atoms with Crippen molar-refractivity contribution in [1.82, 2.24) is 10.2 Å². The first kappa shape index (κ1) is 30.1. The second-order valence-corrected chi connectivity index (χ2v) is 11.0. The van der Waals surface area contributed by atoms with Crippen LogP contribution < -0.4 is 10.6 Å². The monoisotopic (exact) mass is 555 g/mol. The molecule has 2 unspecified atom stereocenters. The molecule has 2 atom stereocenters. The molecular weight excluding hydrogens is 522 g/mol. The van der Waals surface area contributed by atoms with E-state index in [0.717, 1.165) is 15.7 Å². The minimum atomic E-state index is -1.20. The number of hydrogen-bond donors (Lipinski definition) is 2. The number of benzene rings is 3. The third-order valence-electron chi connectivity index (χ3n) is 5.89. The number of nitrogens with zero attached hydrogens (tertiary/aromatic N) is 1. The predicted octanol–water partition coefficient (Wildman–Crippen LogP) is 5.57. The van der Waals surface area contributed by atoms with E-state index in [4.69, 9.17) is 17.6 Å². The first-order valence-electron chi connectivity index (χ1n) is 12.7. The molecule has 0 aliphatic carbocycles. The summed E-state index contributed by atoms with van der Waals surface area (Å²) in [6.45, 7) is 5.18. The maximum Gasteiger partial charge on any atom is 0.408 e. The minimum Gasteiger partial charge on any atom is -0.444 e. The Labute approximate surface area is 240 Å². The van der Waals surface area contributed by atoms with Crippen molar-refractivity contribution in [3.63, 3.8) is 0 Å². The van der Waals surface area contributed by atoms with Crippen LogP contribution >= 0.6 is 11.8 Å². The molecule has 0 aliphatic rings. The van der Waals surface area contributed by atoms with Gasteiger partial charge in [0.1, 0.15) is 17.7 Å². The summed E-state index contributed by atoms with van der Waals surface area (Å²) >= 11 is 1.51. The fraction of sp³-hybridized carbons (Fsp3) is 0.281. The fourth-order valence-electron chi connectivity index (χ4n) is 4.03. The Balaban J connectivity index is 1.97. The van der Waals surface area contributed by atoms with Crippen LogP contribution in [0.5, 0.6) is 0 Å². The molecular formula is C32H33N3O4S. The minimum absolute atomic E-state index is 0.284. The molecule has 40 heavy (non-hydrogen) atoms. The van der Waals surface area contributed by atoms with Gasteiger partial charge in [0.05, 0.1) is 0 Å². The van der Waals surface area contributed by atoms with E-state index < -0.39 is 35.6 Å². The van der Waals surface area contributed by atoms with Gasteiger partial charge in [-0.25, -0.2) is 4.79 Å². The molecule has 0 aliphatic heterocycles. The van der Waals surface area contributed by atoms with Crippen LogP contribution in [-0.2, 0) is 14.3 Å². The Hall–Kier alpha value is -4.40. The van der Waals surface area contributed by atoms with Gasteiger partial charge >= 0.3 is 6.09 Å². The first-order valence-corrected chi connectivity index (χ1v) is 14.1. The summed E-state index contributed by atoms with van der Waals surface area (Å²) in [5, 5.41) is 7.50. The number of carbonyl (C=O) groups excluding carboxylic acids is 3. The largest absolute Gasteiger partial charge is 0.444 e. The van der Waals surface area contributed by atoms with Crippen molar-refractivity contribution < 1.29 is 19.1 Å². The Morgan fingerprint density at radius 1 is 1.00 bits per heavy atom. The SMILES string of the molecule is C#Cc1ccc(C(C(=O)Nc2ccc3ccccc3c2)N(C#C)C(=O)C(CCSC)NC(=O)OC(C)(C)C)cc1. The number of ether oxygens (including phenoxy) is 1. The van der Waals surface area contributed by atoms with Crippen molar-refractivity contribution in [2.75, 3.05) is 17.3 Å². The molecule has 8 heteroatoms. The van der Waals surface area contributed by atoms with Crippen LogP contribution in [0, 0.1) is 24.8 Å². The molecule has 0 aromatic heterocycles. The van der Waals surface area contributed by atoms with Crippen LogP contribution in [0.15, 0.2) is 66.7 Å². The lowest BCUT2D eigenvalue weighted by atomic mass is 10.0. The van der Waals surface area contributed by atoms with Crippen LogP contribution in [0.4, 0.5) is 10.5 Å². The van der Waals surface area contributed by atoms with Crippen LogP contribution in [0.1, 0.15) is 44.4 Å².